The van der Waals surface area contributed by atoms with Crippen molar-refractivity contribution in [1.29, 1.82) is 0 Å². The highest BCUT2D eigenvalue weighted by Crippen LogP contribution is 2.19. The van der Waals surface area contributed by atoms with Crippen LogP contribution in [0.5, 0.6) is 0 Å². The van der Waals surface area contributed by atoms with E-state index in [0.29, 0.717) is 6.54 Å². The largest absolute Gasteiger partial charge is 0.399 e. The highest BCUT2D eigenvalue weighted by Gasteiger charge is 1.94. The third-order valence-corrected chi connectivity index (χ3v) is 2.45. The number of rotatable bonds is 3. The van der Waals surface area contributed by atoms with Crippen molar-refractivity contribution in [3.63, 3.8) is 0 Å². The van der Waals surface area contributed by atoms with Crippen molar-refractivity contribution in [3.05, 3.63) is 58.5 Å². The molecule has 4 nitrogen and oxygen atoms in total. The molecule has 2 aromatic rings. The van der Waals surface area contributed by atoms with E-state index in [0.717, 1.165) is 22.0 Å². The fourth-order valence-corrected chi connectivity index (χ4v) is 1.66. The molecule has 0 aliphatic rings. The lowest BCUT2D eigenvalue weighted by Crippen LogP contribution is -1.84. The predicted molar refractivity (Wildman–Crippen MR) is 71.4 cm³/mol. The average molecular weight is 224 g/mol. The summed E-state index contributed by atoms with van der Waals surface area (Å²) in [5.74, 6) is 0. The van der Waals surface area contributed by atoms with Crippen LogP contribution in [0.2, 0.25) is 0 Å². The fraction of sp³-hybridized carbons (Fsp3) is 0.0769. The van der Waals surface area contributed by atoms with Crippen molar-refractivity contribution >= 4 is 22.5 Å². The number of nitrogens with two attached hydrogens (primary N) is 1. The molecule has 0 heterocycles. The zero-order chi connectivity index (χ0) is 12.1. The van der Waals surface area contributed by atoms with Crippen LogP contribution in [0, 0.1) is 0 Å². The fourth-order valence-electron chi connectivity index (χ4n) is 1.66. The summed E-state index contributed by atoms with van der Waals surface area (Å²) in [6.45, 7) is 0.371. The first-order valence-electron chi connectivity index (χ1n) is 5.26. The van der Waals surface area contributed by atoms with Crippen LogP contribution in [0.25, 0.3) is 27.3 Å². The molecular formula is C13H12N4. The molecule has 0 saturated heterocycles. The van der Waals surface area contributed by atoms with Gasteiger partial charge in [-0.1, -0.05) is 35.5 Å². The molecule has 2 rings (SSSR count). The Morgan fingerprint density at radius 1 is 1.18 bits per heavy atom. The Balaban J connectivity index is 2.28. The first kappa shape index (κ1) is 11.0. The Morgan fingerprint density at radius 3 is 2.76 bits per heavy atom. The van der Waals surface area contributed by atoms with Crippen LogP contribution in [0.3, 0.4) is 0 Å². The lowest BCUT2D eigenvalue weighted by Gasteiger charge is -2.01. The van der Waals surface area contributed by atoms with Crippen LogP contribution in [0.4, 0.5) is 5.69 Å². The normalized spacial score (nSPS) is 10.6. The number of nitrogens with zero attached hydrogens (tertiary/aromatic N) is 3. The number of nitrogen functional groups attached to an aromatic ring is 1. The van der Waals surface area contributed by atoms with E-state index in [1.807, 2.05) is 42.5 Å². The van der Waals surface area contributed by atoms with Gasteiger partial charge in [0.1, 0.15) is 0 Å². The molecule has 2 N–H and O–H groups in total. The topological polar surface area (TPSA) is 74.8 Å². The predicted octanol–water partition coefficient (Wildman–Crippen LogP) is 3.75. The summed E-state index contributed by atoms with van der Waals surface area (Å²) < 4.78 is 0. The maximum atomic E-state index is 8.14. The highest BCUT2D eigenvalue weighted by atomic mass is 15.1. The molecule has 17 heavy (non-hydrogen) atoms. The molecule has 4 heteroatoms. The first-order chi connectivity index (χ1) is 8.29. The Bertz CT molecular complexity index is 610. The molecule has 0 bridgehead atoms. The molecule has 0 aliphatic heterocycles. The van der Waals surface area contributed by atoms with Crippen LogP contribution >= 0.6 is 0 Å². The zero-order valence-electron chi connectivity index (χ0n) is 9.24. The van der Waals surface area contributed by atoms with Gasteiger partial charge < -0.3 is 5.73 Å². The van der Waals surface area contributed by atoms with Gasteiger partial charge in [0.05, 0.1) is 0 Å². The summed E-state index contributed by atoms with van der Waals surface area (Å²) in [6, 6.07) is 11.9. The second-order valence-electron chi connectivity index (χ2n) is 3.68. The van der Waals surface area contributed by atoms with Gasteiger partial charge in [0.15, 0.2) is 0 Å². The van der Waals surface area contributed by atoms with Crippen LogP contribution < -0.4 is 5.73 Å². The molecule has 0 unspecified atom stereocenters. The third kappa shape index (κ3) is 2.77. The van der Waals surface area contributed by atoms with Crippen LogP contribution in [-0.4, -0.2) is 6.54 Å². The molecule has 2 aromatic carbocycles. The molecule has 84 valence electrons. The van der Waals surface area contributed by atoms with Gasteiger partial charge in [-0.25, -0.2) is 0 Å². The standard InChI is InChI=1S/C13H12N4/c14-13-6-5-11-8-10(2-1-7-16-17-15)3-4-12(11)9-13/h1-6,8-9H,7,14H2. The Hall–Kier alpha value is -2.45. The zero-order valence-corrected chi connectivity index (χ0v) is 9.24. The van der Waals surface area contributed by atoms with Crippen molar-refractivity contribution in [2.45, 2.75) is 0 Å². The minimum Gasteiger partial charge on any atom is -0.399 e. The molecule has 0 spiro atoms. The number of fused-ring (bicyclic) bond motifs is 1. The van der Waals surface area contributed by atoms with Crippen LogP contribution in [-0.2, 0) is 0 Å². The van der Waals surface area contributed by atoms with Gasteiger partial charge in [-0.05, 0) is 40.1 Å². The maximum absolute atomic E-state index is 8.14. The van der Waals surface area contributed by atoms with Crippen molar-refractivity contribution < 1.29 is 0 Å². The Morgan fingerprint density at radius 2 is 1.94 bits per heavy atom. The van der Waals surface area contributed by atoms with E-state index in [-0.39, 0.29) is 0 Å². The van der Waals surface area contributed by atoms with Gasteiger partial charge in [-0.2, -0.15) is 0 Å². The lowest BCUT2D eigenvalue weighted by molar-refractivity contribution is 1.22. The number of hydrogen-bond acceptors (Lipinski definition) is 2. The maximum Gasteiger partial charge on any atom is 0.0443 e. The molecule has 0 saturated carbocycles. The molecule has 0 amide bonds. The van der Waals surface area contributed by atoms with Crippen molar-refractivity contribution in [2.75, 3.05) is 12.3 Å². The number of anilines is 1. The van der Waals surface area contributed by atoms with Crippen LogP contribution in [0.1, 0.15) is 5.56 Å². The first-order valence-corrected chi connectivity index (χ1v) is 5.26. The Labute approximate surface area is 99.0 Å². The van der Waals surface area contributed by atoms with Gasteiger partial charge in [0, 0.05) is 17.1 Å². The summed E-state index contributed by atoms with van der Waals surface area (Å²) in [6.07, 6.45) is 3.77. The van der Waals surface area contributed by atoms with Crippen molar-refractivity contribution in [1.82, 2.24) is 0 Å². The Kier molecular flexibility index (Phi) is 3.28. The summed E-state index contributed by atoms with van der Waals surface area (Å²) in [4.78, 5) is 2.69. The monoisotopic (exact) mass is 224 g/mol. The van der Waals surface area contributed by atoms with Crippen molar-refractivity contribution in [3.8, 4) is 0 Å². The van der Waals surface area contributed by atoms with Crippen molar-refractivity contribution in [2.24, 2.45) is 5.11 Å². The van der Waals surface area contributed by atoms with E-state index < -0.39 is 0 Å². The smallest absolute Gasteiger partial charge is 0.0443 e. The number of hydrogen-bond donors (Lipinski definition) is 1. The second kappa shape index (κ2) is 5.05. The molecule has 0 aromatic heterocycles. The molecule has 0 radical (unpaired) electrons. The number of azide groups is 1. The number of benzene rings is 2. The minimum absolute atomic E-state index is 0.371. The molecule has 0 aliphatic carbocycles. The summed E-state index contributed by atoms with van der Waals surface area (Å²) in [5, 5.41) is 5.70. The van der Waals surface area contributed by atoms with E-state index in [9.17, 15) is 0 Å². The minimum atomic E-state index is 0.371. The van der Waals surface area contributed by atoms with E-state index >= 15 is 0 Å². The van der Waals surface area contributed by atoms with Gasteiger partial charge in [-0.15, -0.1) is 0 Å². The molecule has 0 fully saturated rings. The van der Waals surface area contributed by atoms with E-state index in [2.05, 4.69) is 16.1 Å². The summed E-state index contributed by atoms with van der Waals surface area (Å²) >= 11 is 0. The summed E-state index contributed by atoms with van der Waals surface area (Å²) in [7, 11) is 0. The van der Waals surface area contributed by atoms with Gasteiger partial charge in [-0.3, -0.25) is 0 Å². The van der Waals surface area contributed by atoms with Gasteiger partial charge >= 0.3 is 0 Å². The van der Waals surface area contributed by atoms with E-state index in [4.69, 9.17) is 11.3 Å². The molecule has 0 atom stereocenters. The second-order valence-corrected chi connectivity index (χ2v) is 3.68. The summed E-state index contributed by atoms with van der Waals surface area (Å²) in [5.41, 5.74) is 15.7. The van der Waals surface area contributed by atoms with E-state index in [1.165, 1.54) is 0 Å². The SMILES string of the molecule is [N-]=[N+]=NCC=Cc1ccc2cc(N)ccc2c1. The van der Waals surface area contributed by atoms with Gasteiger partial charge in [0.25, 0.3) is 0 Å². The highest BCUT2D eigenvalue weighted by molar-refractivity contribution is 5.87. The van der Waals surface area contributed by atoms with Gasteiger partial charge in [0.2, 0.25) is 0 Å². The third-order valence-electron chi connectivity index (χ3n) is 2.45. The van der Waals surface area contributed by atoms with E-state index in [1.54, 1.807) is 0 Å². The van der Waals surface area contributed by atoms with Crippen LogP contribution in [0.15, 0.2) is 47.6 Å². The lowest BCUT2D eigenvalue weighted by atomic mass is 10.1. The average Bonchev–Trinajstić information content (AvgIpc) is 2.35. The quantitative estimate of drug-likeness (QED) is 0.366. The molecular weight excluding hydrogens is 212 g/mol.